The van der Waals surface area contributed by atoms with Gasteiger partial charge in [0.15, 0.2) is 6.29 Å². The van der Waals surface area contributed by atoms with E-state index in [0.717, 1.165) is 55.9 Å². The number of aliphatic hydroxyl groups is 4. The van der Waals surface area contributed by atoms with E-state index in [2.05, 4.69) is 33.8 Å². The Kier molecular flexibility index (Phi) is 8.06. The van der Waals surface area contributed by atoms with Crippen molar-refractivity contribution in [2.75, 3.05) is 13.2 Å². The average molecular weight is 560 g/mol. The molecule has 0 bridgehead atoms. The van der Waals surface area contributed by atoms with Crippen LogP contribution in [0.25, 0.3) is 0 Å². The van der Waals surface area contributed by atoms with Crippen molar-refractivity contribution in [2.45, 2.75) is 129 Å². The smallest absolute Gasteiger partial charge is 0.186 e. The van der Waals surface area contributed by atoms with Crippen molar-refractivity contribution < 1.29 is 29.9 Å². The number of aliphatic imine (C=N–C) groups is 1. The van der Waals surface area contributed by atoms with Crippen molar-refractivity contribution in [3.63, 3.8) is 0 Å². The van der Waals surface area contributed by atoms with Crippen molar-refractivity contribution in [2.24, 2.45) is 51.3 Å². The Labute approximate surface area is 240 Å². The average Bonchev–Trinajstić information content (AvgIpc) is 3.30. The quantitative estimate of drug-likeness (QED) is 0.375. The van der Waals surface area contributed by atoms with Crippen molar-refractivity contribution in [1.29, 1.82) is 0 Å². The van der Waals surface area contributed by atoms with Crippen LogP contribution in [-0.2, 0) is 9.47 Å². The van der Waals surface area contributed by atoms with Crippen LogP contribution in [0.2, 0.25) is 0 Å². The molecule has 6 aliphatic rings. The van der Waals surface area contributed by atoms with Crippen LogP contribution in [0.4, 0.5) is 0 Å². The van der Waals surface area contributed by atoms with Gasteiger partial charge in [-0.05, 0) is 111 Å². The molecule has 4 fully saturated rings. The third-order valence-corrected chi connectivity index (χ3v) is 12.9. The Morgan fingerprint density at radius 2 is 1.82 bits per heavy atom. The highest BCUT2D eigenvalue weighted by Gasteiger charge is 2.59. The summed E-state index contributed by atoms with van der Waals surface area (Å²) in [7, 11) is 0. The van der Waals surface area contributed by atoms with Crippen LogP contribution in [-0.4, -0.2) is 76.1 Å². The molecule has 0 radical (unpaired) electrons. The van der Waals surface area contributed by atoms with Gasteiger partial charge in [-0.3, -0.25) is 4.99 Å². The third-order valence-electron chi connectivity index (χ3n) is 12.9. The van der Waals surface area contributed by atoms with E-state index < -0.39 is 37.3 Å². The molecule has 6 rings (SSSR count). The first-order valence-electron chi connectivity index (χ1n) is 16.3. The largest absolute Gasteiger partial charge is 0.394 e. The summed E-state index contributed by atoms with van der Waals surface area (Å²) in [4.78, 5) is 5.07. The number of ether oxygens (including phenoxy) is 2. The first-order chi connectivity index (χ1) is 19.1. The van der Waals surface area contributed by atoms with Gasteiger partial charge in [0.05, 0.1) is 12.7 Å². The number of allylic oxidation sites excluding steroid dienone is 1. The summed E-state index contributed by atoms with van der Waals surface area (Å²) in [6.45, 7) is 10.5. The molecule has 1 saturated heterocycles. The van der Waals surface area contributed by atoms with Gasteiger partial charge in [0.1, 0.15) is 24.4 Å². The number of hydrogen-bond acceptors (Lipinski definition) is 7. The van der Waals surface area contributed by atoms with Gasteiger partial charge in [-0.15, -0.1) is 0 Å². The minimum atomic E-state index is -1.40. The van der Waals surface area contributed by atoms with Gasteiger partial charge in [-0.1, -0.05) is 39.3 Å². The van der Waals surface area contributed by atoms with E-state index in [0.29, 0.717) is 17.3 Å². The monoisotopic (exact) mass is 559 g/mol. The fourth-order valence-electron chi connectivity index (χ4n) is 10.4. The fourth-order valence-corrected chi connectivity index (χ4v) is 10.4. The molecule has 14 atom stereocenters. The Hall–Kier alpha value is -0.830. The summed E-state index contributed by atoms with van der Waals surface area (Å²) in [5.41, 5.74) is 3.60. The minimum absolute atomic E-state index is 0.109. The highest BCUT2D eigenvalue weighted by Crippen LogP contribution is 2.67. The lowest BCUT2D eigenvalue weighted by Crippen LogP contribution is -2.60. The number of rotatable bonds is 5. The number of fused-ring (bicyclic) bond motifs is 5. The molecule has 0 aromatic carbocycles. The molecule has 0 spiro atoms. The minimum Gasteiger partial charge on any atom is -0.394 e. The van der Waals surface area contributed by atoms with Crippen LogP contribution >= 0.6 is 0 Å². The molecular formula is C33H53NO6. The van der Waals surface area contributed by atoms with Crippen LogP contribution in [0.15, 0.2) is 16.6 Å². The predicted molar refractivity (Wildman–Crippen MR) is 154 cm³/mol. The highest BCUT2D eigenvalue weighted by atomic mass is 16.7. The lowest BCUT2D eigenvalue weighted by molar-refractivity contribution is -0.313. The zero-order valence-corrected chi connectivity index (χ0v) is 25.0. The highest BCUT2D eigenvalue weighted by molar-refractivity contribution is 5.87. The van der Waals surface area contributed by atoms with E-state index in [1.165, 1.54) is 49.8 Å². The second-order valence-electron chi connectivity index (χ2n) is 15.0. The van der Waals surface area contributed by atoms with Crippen LogP contribution in [0.5, 0.6) is 0 Å². The maximum absolute atomic E-state index is 10.5. The van der Waals surface area contributed by atoms with Crippen LogP contribution in [0, 0.1) is 46.3 Å². The van der Waals surface area contributed by atoms with E-state index in [1.807, 2.05) is 0 Å². The maximum Gasteiger partial charge on any atom is 0.186 e. The SMILES string of the molecule is CC1CCC(C(C)C2CCC3C4CC=C5CC(OC6OC(CO)C(O)C(O)C6O)CCC5(C)C4CCC23C)=NC1. The second-order valence-corrected chi connectivity index (χ2v) is 15.0. The van der Waals surface area contributed by atoms with Gasteiger partial charge in [0, 0.05) is 12.3 Å². The van der Waals surface area contributed by atoms with Gasteiger partial charge < -0.3 is 29.9 Å². The molecule has 2 aliphatic heterocycles. The zero-order chi connectivity index (χ0) is 28.4. The fraction of sp³-hybridized carbons (Fsp3) is 0.909. The van der Waals surface area contributed by atoms with Gasteiger partial charge in [0.25, 0.3) is 0 Å². The van der Waals surface area contributed by atoms with Gasteiger partial charge in [0.2, 0.25) is 0 Å². The molecule has 7 nitrogen and oxygen atoms in total. The molecule has 0 amide bonds. The molecule has 0 aromatic rings. The van der Waals surface area contributed by atoms with Crippen molar-refractivity contribution in [3.05, 3.63) is 11.6 Å². The molecule has 40 heavy (non-hydrogen) atoms. The zero-order valence-electron chi connectivity index (χ0n) is 25.0. The molecule has 3 saturated carbocycles. The van der Waals surface area contributed by atoms with Gasteiger partial charge in [-0.2, -0.15) is 0 Å². The number of hydrogen-bond donors (Lipinski definition) is 4. The number of aliphatic hydroxyl groups excluding tert-OH is 4. The van der Waals surface area contributed by atoms with E-state index in [-0.39, 0.29) is 11.5 Å². The van der Waals surface area contributed by atoms with Crippen LogP contribution in [0.1, 0.15) is 91.9 Å². The Bertz CT molecular complexity index is 997. The normalized spacial score (nSPS) is 51.6. The van der Waals surface area contributed by atoms with Crippen LogP contribution in [0.3, 0.4) is 0 Å². The summed E-state index contributed by atoms with van der Waals surface area (Å²) in [5.74, 6) is 4.35. The van der Waals surface area contributed by atoms with E-state index >= 15 is 0 Å². The molecule has 4 aliphatic carbocycles. The van der Waals surface area contributed by atoms with Gasteiger partial charge >= 0.3 is 0 Å². The summed E-state index contributed by atoms with van der Waals surface area (Å²) in [6, 6.07) is 0. The van der Waals surface area contributed by atoms with Crippen molar-refractivity contribution in [3.8, 4) is 0 Å². The first-order valence-corrected chi connectivity index (χ1v) is 16.3. The molecule has 226 valence electrons. The van der Waals surface area contributed by atoms with E-state index in [4.69, 9.17) is 14.5 Å². The van der Waals surface area contributed by atoms with Crippen molar-refractivity contribution >= 4 is 5.71 Å². The lowest BCUT2D eigenvalue weighted by atomic mass is 9.47. The first kappa shape index (κ1) is 29.3. The summed E-state index contributed by atoms with van der Waals surface area (Å²) < 4.78 is 11.9. The Morgan fingerprint density at radius 1 is 1.02 bits per heavy atom. The Morgan fingerprint density at radius 3 is 2.55 bits per heavy atom. The predicted octanol–water partition coefficient (Wildman–Crippen LogP) is 4.26. The van der Waals surface area contributed by atoms with E-state index in [1.54, 1.807) is 0 Å². The molecule has 4 N–H and O–H groups in total. The molecule has 14 unspecified atom stereocenters. The lowest BCUT2D eigenvalue weighted by Gasteiger charge is -2.58. The van der Waals surface area contributed by atoms with E-state index in [9.17, 15) is 20.4 Å². The maximum atomic E-state index is 10.5. The van der Waals surface area contributed by atoms with Crippen LogP contribution < -0.4 is 0 Å². The Balaban J connectivity index is 1.14. The molecule has 0 aromatic heterocycles. The van der Waals surface area contributed by atoms with Gasteiger partial charge in [-0.25, -0.2) is 0 Å². The summed E-state index contributed by atoms with van der Waals surface area (Å²) >= 11 is 0. The second kappa shape index (κ2) is 11.0. The standard InChI is InChI=1S/C33H53NO6/c1-18-5-10-26(34-16-18)19(2)23-8-9-24-22-7-6-20-15-21(11-13-32(20,3)25(22)12-14-33(23,24)4)39-31-30(38)29(37)28(36)27(17-35)40-31/h6,18-19,21-25,27-31,35-38H,5,7-17H2,1-4H3. The summed E-state index contributed by atoms with van der Waals surface area (Å²) in [6.07, 6.45) is 8.07. The molecular weight excluding hydrogens is 506 g/mol. The topological polar surface area (TPSA) is 112 Å². The third kappa shape index (κ3) is 4.75. The summed E-state index contributed by atoms with van der Waals surface area (Å²) in [5, 5.41) is 40.4. The van der Waals surface area contributed by atoms with Crippen molar-refractivity contribution in [1.82, 2.24) is 0 Å². The molecule has 2 heterocycles. The molecule has 7 heteroatoms. The number of nitrogens with zero attached hydrogens (tertiary/aromatic N) is 1.